The summed E-state index contributed by atoms with van der Waals surface area (Å²) < 4.78 is 22.0. The average Bonchev–Trinajstić information content (AvgIpc) is 3.19. The van der Waals surface area contributed by atoms with Crippen molar-refractivity contribution in [3.63, 3.8) is 0 Å². The molecule has 36 heavy (non-hydrogen) atoms. The van der Waals surface area contributed by atoms with Gasteiger partial charge in [-0.2, -0.15) is 0 Å². The monoisotopic (exact) mass is 487 g/mol. The number of carbonyl (C=O) groups excluding carboxylic acids is 1. The summed E-state index contributed by atoms with van der Waals surface area (Å²) in [5.41, 5.74) is 1.94. The lowest BCUT2D eigenvalue weighted by Gasteiger charge is -2.25. The van der Waals surface area contributed by atoms with Gasteiger partial charge in [-0.25, -0.2) is 0 Å². The van der Waals surface area contributed by atoms with E-state index in [4.69, 9.17) is 18.6 Å². The van der Waals surface area contributed by atoms with E-state index in [2.05, 4.69) is 0 Å². The molecule has 0 aliphatic carbocycles. The van der Waals surface area contributed by atoms with Gasteiger partial charge < -0.3 is 28.6 Å². The highest BCUT2D eigenvalue weighted by atomic mass is 16.5. The van der Waals surface area contributed by atoms with Crippen LogP contribution in [-0.4, -0.2) is 43.8 Å². The van der Waals surface area contributed by atoms with Crippen molar-refractivity contribution in [3.05, 3.63) is 93.3 Å². The van der Waals surface area contributed by atoms with Crippen LogP contribution in [0.3, 0.4) is 0 Å². The molecule has 8 heteroatoms. The Morgan fingerprint density at radius 1 is 0.889 bits per heavy atom. The van der Waals surface area contributed by atoms with Crippen molar-refractivity contribution in [2.75, 3.05) is 27.9 Å². The third kappa shape index (κ3) is 3.80. The molecule has 0 radical (unpaired) electrons. The molecule has 4 aromatic rings. The number of ether oxygens (including phenoxy) is 3. The van der Waals surface area contributed by atoms with Gasteiger partial charge in [0, 0.05) is 6.54 Å². The Bertz CT molecular complexity index is 1520. The minimum atomic E-state index is -0.706. The van der Waals surface area contributed by atoms with Gasteiger partial charge in [0.2, 0.25) is 5.76 Å². The number of carbonyl (C=O) groups is 1. The van der Waals surface area contributed by atoms with E-state index in [0.717, 1.165) is 5.56 Å². The van der Waals surface area contributed by atoms with E-state index in [1.54, 1.807) is 55.5 Å². The summed E-state index contributed by atoms with van der Waals surface area (Å²) in [4.78, 5) is 28.8. The van der Waals surface area contributed by atoms with E-state index in [1.165, 1.54) is 13.2 Å². The molecule has 3 aromatic carbocycles. The van der Waals surface area contributed by atoms with Crippen LogP contribution < -0.4 is 19.6 Å². The highest BCUT2D eigenvalue weighted by Crippen LogP contribution is 2.41. The summed E-state index contributed by atoms with van der Waals surface area (Å²) in [6.45, 7) is 0.308. The number of phenolic OH excluding ortho intramolecular Hbond substituents is 1. The normalized spacial score (nSPS) is 14.7. The fourth-order valence-electron chi connectivity index (χ4n) is 4.69. The van der Waals surface area contributed by atoms with Crippen molar-refractivity contribution < 1.29 is 28.5 Å². The molecular formula is C28H25NO7. The zero-order valence-corrected chi connectivity index (χ0v) is 20.1. The average molecular weight is 488 g/mol. The minimum absolute atomic E-state index is 0.0306. The molecule has 1 N–H and O–H groups in total. The molecule has 1 aliphatic heterocycles. The summed E-state index contributed by atoms with van der Waals surface area (Å²) in [6.07, 6.45) is 0.500. The third-order valence-electron chi connectivity index (χ3n) is 6.48. The Morgan fingerprint density at radius 3 is 2.39 bits per heavy atom. The maximum absolute atomic E-state index is 13.6. The molecule has 2 heterocycles. The number of aromatic hydroxyl groups is 1. The first-order valence-electron chi connectivity index (χ1n) is 11.4. The highest BCUT2D eigenvalue weighted by Gasteiger charge is 2.42. The molecule has 1 unspecified atom stereocenters. The second kappa shape index (κ2) is 9.30. The molecular weight excluding hydrogens is 462 g/mol. The van der Waals surface area contributed by atoms with Crippen LogP contribution >= 0.6 is 0 Å². The Balaban J connectivity index is 1.60. The molecule has 0 spiro atoms. The smallest absolute Gasteiger partial charge is 0.290 e. The molecule has 8 nitrogen and oxygen atoms in total. The van der Waals surface area contributed by atoms with Crippen LogP contribution in [0.5, 0.6) is 23.0 Å². The van der Waals surface area contributed by atoms with Crippen molar-refractivity contribution in [1.82, 2.24) is 4.90 Å². The zero-order chi connectivity index (χ0) is 25.4. The van der Waals surface area contributed by atoms with Gasteiger partial charge in [0.1, 0.15) is 5.58 Å². The summed E-state index contributed by atoms with van der Waals surface area (Å²) in [6, 6.07) is 16.6. The second-order valence-electron chi connectivity index (χ2n) is 8.44. The highest BCUT2D eigenvalue weighted by molar-refractivity contribution is 5.99. The van der Waals surface area contributed by atoms with Crippen LogP contribution in [0.2, 0.25) is 0 Å². The first-order valence-corrected chi connectivity index (χ1v) is 11.4. The van der Waals surface area contributed by atoms with E-state index < -0.39 is 6.04 Å². The van der Waals surface area contributed by atoms with Crippen LogP contribution in [0.25, 0.3) is 11.0 Å². The molecule has 0 saturated carbocycles. The SMILES string of the molecule is COc1cc(C2c3c(oc4ccccc4c3=O)C(=O)N2CCc2ccc(OC)c(OC)c2)ccc1O. The lowest BCUT2D eigenvalue weighted by Crippen LogP contribution is -2.31. The van der Waals surface area contributed by atoms with Crippen molar-refractivity contribution in [1.29, 1.82) is 0 Å². The van der Waals surface area contributed by atoms with Crippen LogP contribution in [0.15, 0.2) is 69.9 Å². The first kappa shape index (κ1) is 23.3. The number of hydrogen-bond acceptors (Lipinski definition) is 7. The maximum atomic E-state index is 13.6. The molecule has 1 aliphatic rings. The number of rotatable bonds is 7. The summed E-state index contributed by atoms with van der Waals surface area (Å²) in [5, 5.41) is 10.5. The van der Waals surface area contributed by atoms with Gasteiger partial charge in [0.05, 0.1) is 38.3 Å². The number of methoxy groups -OCH3 is 3. The van der Waals surface area contributed by atoms with E-state index in [0.29, 0.717) is 41.0 Å². The van der Waals surface area contributed by atoms with Crippen LogP contribution in [-0.2, 0) is 6.42 Å². The predicted molar refractivity (Wildman–Crippen MR) is 133 cm³/mol. The molecule has 0 bridgehead atoms. The number of phenols is 1. The number of benzene rings is 3. The van der Waals surface area contributed by atoms with Gasteiger partial charge in [-0.05, 0) is 53.9 Å². The van der Waals surface area contributed by atoms with Crippen LogP contribution in [0.1, 0.15) is 33.3 Å². The lowest BCUT2D eigenvalue weighted by molar-refractivity contribution is 0.0730. The Morgan fingerprint density at radius 2 is 1.64 bits per heavy atom. The predicted octanol–water partition coefficient (Wildman–Crippen LogP) is 4.31. The topological polar surface area (TPSA) is 98.4 Å². The van der Waals surface area contributed by atoms with Gasteiger partial charge in [-0.1, -0.05) is 24.3 Å². The summed E-state index contributed by atoms with van der Waals surface area (Å²) in [7, 11) is 4.59. The fourth-order valence-corrected chi connectivity index (χ4v) is 4.69. The quantitative estimate of drug-likeness (QED) is 0.415. The molecule has 184 valence electrons. The Labute approximate surface area is 207 Å². The van der Waals surface area contributed by atoms with Crippen molar-refractivity contribution >= 4 is 16.9 Å². The minimum Gasteiger partial charge on any atom is -0.504 e. The van der Waals surface area contributed by atoms with Gasteiger partial charge >= 0.3 is 0 Å². The van der Waals surface area contributed by atoms with E-state index in [1.807, 2.05) is 18.2 Å². The van der Waals surface area contributed by atoms with E-state index in [-0.39, 0.29) is 34.2 Å². The molecule has 1 atom stereocenters. The van der Waals surface area contributed by atoms with Crippen LogP contribution in [0, 0.1) is 0 Å². The lowest BCUT2D eigenvalue weighted by atomic mass is 9.97. The third-order valence-corrected chi connectivity index (χ3v) is 6.48. The standard InChI is InChI=1S/C28H25NO7/c1-33-21-11-8-16(14-23(21)35-3)12-13-29-25(17-9-10-19(30)22(15-17)34-2)24-26(31)18-6-4-5-7-20(18)36-27(24)28(29)32/h4-11,14-15,25,30H,12-13H2,1-3H3. The maximum Gasteiger partial charge on any atom is 0.290 e. The van der Waals surface area contributed by atoms with Crippen molar-refractivity contribution in [3.8, 4) is 23.0 Å². The first-order chi connectivity index (χ1) is 17.5. The Hall–Kier alpha value is -4.46. The molecule has 0 fully saturated rings. The van der Waals surface area contributed by atoms with Gasteiger partial charge in [-0.15, -0.1) is 0 Å². The Kier molecular flexibility index (Phi) is 6.01. The number of hydrogen-bond donors (Lipinski definition) is 1. The number of amides is 1. The fraction of sp³-hybridized carbons (Fsp3) is 0.214. The largest absolute Gasteiger partial charge is 0.504 e. The van der Waals surface area contributed by atoms with Gasteiger partial charge in [0.25, 0.3) is 5.91 Å². The molecule has 0 saturated heterocycles. The number of nitrogens with zero attached hydrogens (tertiary/aromatic N) is 1. The number of para-hydroxylation sites is 1. The van der Waals surface area contributed by atoms with Crippen molar-refractivity contribution in [2.24, 2.45) is 0 Å². The molecule has 1 aromatic heterocycles. The van der Waals surface area contributed by atoms with Gasteiger partial charge in [-0.3, -0.25) is 9.59 Å². The van der Waals surface area contributed by atoms with Crippen molar-refractivity contribution in [2.45, 2.75) is 12.5 Å². The molecule has 1 amide bonds. The number of fused-ring (bicyclic) bond motifs is 2. The van der Waals surface area contributed by atoms with E-state index in [9.17, 15) is 14.7 Å². The van der Waals surface area contributed by atoms with Crippen LogP contribution in [0.4, 0.5) is 0 Å². The van der Waals surface area contributed by atoms with Gasteiger partial charge in [0.15, 0.2) is 28.4 Å². The second-order valence-corrected chi connectivity index (χ2v) is 8.44. The summed E-state index contributed by atoms with van der Waals surface area (Å²) in [5.74, 6) is 1.08. The zero-order valence-electron chi connectivity index (χ0n) is 20.1. The van der Waals surface area contributed by atoms with E-state index >= 15 is 0 Å². The summed E-state index contributed by atoms with van der Waals surface area (Å²) >= 11 is 0. The molecule has 5 rings (SSSR count).